The third kappa shape index (κ3) is 3.81. The number of carbonyl (C=O) groups is 3. The average Bonchev–Trinajstić information content (AvgIpc) is 2.66. The zero-order chi connectivity index (χ0) is 21.3. The molecule has 2 aliphatic rings. The van der Waals surface area contributed by atoms with Crippen LogP contribution < -0.4 is 5.32 Å². The lowest BCUT2D eigenvalue weighted by Crippen LogP contribution is -2.43. The summed E-state index contributed by atoms with van der Waals surface area (Å²) in [7, 11) is 1.27. The molecular formula is C22H24ClNO5. The molecule has 7 heteroatoms. The standard InChI is InChI=1S/C22H24ClNO5/c1-5-29-22(27)17-12(3)24-15-9-11(2)16(21(26)28-4)20(25)19(15)18(17)13-7-6-8-14(23)10-13/h6-8,10-11,16,18,24H,5,9H2,1-4H3/t11-,16-,18-/m1/s1. The van der Waals surface area contributed by atoms with Crippen LogP contribution in [0.3, 0.4) is 0 Å². The second kappa shape index (κ2) is 8.41. The summed E-state index contributed by atoms with van der Waals surface area (Å²) in [5, 5.41) is 3.70. The first-order valence-corrected chi connectivity index (χ1v) is 9.93. The second-order valence-corrected chi connectivity index (χ2v) is 7.75. The van der Waals surface area contributed by atoms with E-state index in [0.717, 1.165) is 5.70 Å². The monoisotopic (exact) mass is 417 g/mol. The van der Waals surface area contributed by atoms with E-state index in [0.29, 0.717) is 33.9 Å². The third-order valence-electron chi connectivity index (χ3n) is 5.42. The van der Waals surface area contributed by atoms with Crippen molar-refractivity contribution in [2.45, 2.75) is 33.1 Å². The highest BCUT2D eigenvalue weighted by molar-refractivity contribution is 6.30. The summed E-state index contributed by atoms with van der Waals surface area (Å²) in [6.07, 6.45) is 0.491. The normalized spacial score (nSPS) is 24.0. The fourth-order valence-electron chi connectivity index (χ4n) is 4.18. The molecule has 1 aromatic rings. The van der Waals surface area contributed by atoms with Crippen molar-refractivity contribution in [1.82, 2.24) is 5.32 Å². The molecule has 0 unspecified atom stereocenters. The Morgan fingerprint density at radius 2 is 2.03 bits per heavy atom. The van der Waals surface area contributed by atoms with Gasteiger partial charge in [-0.3, -0.25) is 9.59 Å². The van der Waals surface area contributed by atoms with Crippen LogP contribution in [0.5, 0.6) is 0 Å². The zero-order valence-electron chi connectivity index (χ0n) is 16.9. The Hall–Kier alpha value is -2.60. The Morgan fingerprint density at radius 1 is 1.31 bits per heavy atom. The molecule has 0 amide bonds. The molecule has 1 aliphatic heterocycles. The average molecular weight is 418 g/mol. The van der Waals surface area contributed by atoms with E-state index in [1.54, 1.807) is 32.0 Å². The number of ether oxygens (including phenoxy) is 2. The first-order valence-electron chi connectivity index (χ1n) is 9.55. The lowest BCUT2D eigenvalue weighted by Gasteiger charge is -2.38. The zero-order valence-corrected chi connectivity index (χ0v) is 17.6. The molecular weight excluding hydrogens is 394 g/mol. The quantitative estimate of drug-likeness (QED) is 0.596. The van der Waals surface area contributed by atoms with Gasteiger partial charge in [-0.25, -0.2) is 4.79 Å². The van der Waals surface area contributed by atoms with Crippen molar-refractivity contribution in [3.63, 3.8) is 0 Å². The Kier molecular flexibility index (Phi) is 6.13. The van der Waals surface area contributed by atoms with Crippen LogP contribution in [-0.2, 0) is 23.9 Å². The van der Waals surface area contributed by atoms with Crippen molar-refractivity contribution < 1.29 is 23.9 Å². The van der Waals surface area contributed by atoms with Gasteiger partial charge in [0.1, 0.15) is 5.92 Å². The highest BCUT2D eigenvalue weighted by Crippen LogP contribution is 2.45. The number of hydrogen-bond acceptors (Lipinski definition) is 6. The van der Waals surface area contributed by atoms with E-state index in [4.69, 9.17) is 21.1 Å². The van der Waals surface area contributed by atoms with Crippen LogP contribution in [-0.4, -0.2) is 31.4 Å². The van der Waals surface area contributed by atoms with Gasteiger partial charge < -0.3 is 14.8 Å². The highest BCUT2D eigenvalue weighted by atomic mass is 35.5. The molecule has 0 bridgehead atoms. The molecule has 0 radical (unpaired) electrons. The number of benzene rings is 1. The highest BCUT2D eigenvalue weighted by Gasteiger charge is 2.47. The number of Topliss-reactive ketones (excluding diaryl/α,β-unsaturated/α-hetero) is 1. The number of ketones is 1. The van der Waals surface area contributed by atoms with Crippen LogP contribution in [0.2, 0.25) is 5.02 Å². The molecule has 6 nitrogen and oxygen atoms in total. The Balaban J connectivity index is 2.19. The van der Waals surface area contributed by atoms with Crippen molar-refractivity contribution in [1.29, 1.82) is 0 Å². The maximum absolute atomic E-state index is 13.5. The minimum absolute atomic E-state index is 0.208. The topological polar surface area (TPSA) is 81.7 Å². The molecule has 1 aromatic carbocycles. The third-order valence-corrected chi connectivity index (χ3v) is 5.66. The lowest BCUT2D eigenvalue weighted by atomic mass is 9.69. The fourth-order valence-corrected chi connectivity index (χ4v) is 4.38. The minimum atomic E-state index is -0.913. The molecule has 0 fully saturated rings. The van der Waals surface area contributed by atoms with Crippen LogP contribution in [0.1, 0.15) is 38.7 Å². The predicted octanol–water partition coefficient (Wildman–Crippen LogP) is 3.52. The summed E-state index contributed by atoms with van der Waals surface area (Å²) in [6.45, 7) is 5.57. The number of nitrogens with one attached hydrogen (secondary N) is 1. The number of esters is 2. The molecule has 0 saturated carbocycles. The van der Waals surface area contributed by atoms with E-state index >= 15 is 0 Å². The maximum Gasteiger partial charge on any atom is 0.336 e. The van der Waals surface area contributed by atoms with Crippen molar-refractivity contribution >= 4 is 29.3 Å². The Bertz CT molecular complexity index is 933. The van der Waals surface area contributed by atoms with Gasteiger partial charge in [-0.2, -0.15) is 0 Å². The van der Waals surface area contributed by atoms with E-state index in [1.807, 2.05) is 13.0 Å². The molecule has 1 aliphatic carbocycles. The van der Waals surface area contributed by atoms with Gasteiger partial charge in [-0.05, 0) is 43.9 Å². The van der Waals surface area contributed by atoms with Gasteiger partial charge in [0.2, 0.25) is 0 Å². The number of carbonyl (C=O) groups excluding carboxylic acids is 3. The van der Waals surface area contributed by atoms with Gasteiger partial charge in [-0.1, -0.05) is 30.7 Å². The van der Waals surface area contributed by atoms with Crippen LogP contribution >= 0.6 is 11.6 Å². The molecule has 154 valence electrons. The molecule has 29 heavy (non-hydrogen) atoms. The fraction of sp³-hybridized carbons (Fsp3) is 0.409. The summed E-state index contributed by atoms with van der Waals surface area (Å²) in [4.78, 5) is 38.6. The Morgan fingerprint density at radius 3 is 2.66 bits per heavy atom. The van der Waals surface area contributed by atoms with Crippen LogP contribution in [0.15, 0.2) is 46.8 Å². The van der Waals surface area contributed by atoms with Gasteiger partial charge in [0.25, 0.3) is 0 Å². The maximum atomic E-state index is 13.5. The van der Waals surface area contributed by atoms with Gasteiger partial charge in [0.05, 0.1) is 19.3 Å². The summed E-state index contributed by atoms with van der Waals surface area (Å²) in [6, 6.07) is 7.04. The number of allylic oxidation sites excluding steroid dienone is 3. The summed E-state index contributed by atoms with van der Waals surface area (Å²) in [5.74, 6) is -3.21. The SMILES string of the molecule is CCOC(=O)C1=C(C)NC2=C(C(=O)[C@H](C(=O)OC)[C@H](C)C2)[C@@H]1c1cccc(Cl)c1. The molecule has 0 spiro atoms. The smallest absolute Gasteiger partial charge is 0.336 e. The van der Waals surface area contributed by atoms with Gasteiger partial charge in [0, 0.05) is 27.9 Å². The van der Waals surface area contributed by atoms with Crippen LogP contribution in [0.25, 0.3) is 0 Å². The largest absolute Gasteiger partial charge is 0.468 e. The summed E-state index contributed by atoms with van der Waals surface area (Å²) >= 11 is 6.20. The molecule has 0 saturated heterocycles. The molecule has 3 atom stereocenters. The number of halogens is 1. The molecule has 1 heterocycles. The van der Waals surface area contributed by atoms with Gasteiger partial charge in [0.15, 0.2) is 5.78 Å². The van der Waals surface area contributed by atoms with Crippen LogP contribution in [0.4, 0.5) is 0 Å². The van der Waals surface area contributed by atoms with E-state index in [-0.39, 0.29) is 18.3 Å². The van der Waals surface area contributed by atoms with E-state index < -0.39 is 23.8 Å². The van der Waals surface area contributed by atoms with Crippen molar-refractivity contribution in [3.8, 4) is 0 Å². The van der Waals surface area contributed by atoms with E-state index in [1.165, 1.54) is 7.11 Å². The van der Waals surface area contributed by atoms with E-state index in [9.17, 15) is 14.4 Å². The van der Waals surface area contributed by atoms with E-state index in [2.05, 4.69) is 5.32 Å². The number of hydrogen-bond donors (Lipinski definition) is 1. The number of dihydropyridines is 1. The molecule has 1 N–H and O–H groups in total. The first-order chi connectivity index (χ1) is 13.8. The predicted molar refractivity (Wildman–Crippen MR) is 108 cm³/mol. The number of methoxy groups -OCH3 is 1. The van der Waals surface area contributed by atoms with Crippen molar-refractivity contribution in [2.24, 2.45) is 11.8 Å². The Labute approximate surface area is 174 Å². The summed E-state index contributed by atoms with van der Waals surface area (Å²) in [5.41, 5.74) is 2.79. The molecule has 0 aromatic heterocycles. The lowest BCUT2D eigenvalue weighted by molar-refractivity contribution is -0.151. The molecule has 3 rings (SSSR count). The van der Waals surface area contributed by atoms with Crippen molar-refractivity contribution in [2.75, 3.05) is 13.7 Å². The first kappa shape index (κ1) is 21.1. The van der Waals surface area contributed by atoms with Crippen LogP contribution in [0, 0.1) is 11.8 Å². The summed E-state index contributed by atoms with van der Waals surface area (Å²) < 4.78 is 10.1. The van der Waals surface area contributed by atoms with Crippen molar-refractivity contribution in [3.05, 3.63) is 57.4 Å². The minimum Gasteiger partial charge on any atom is -0.468 e. The van der Waals surface area contributed by atoms with Gasteiger partial charge >= 0.3 is 11.9 Å². The second-order valence-electron chi connectivity index (χ2n) is 7.31. The number of rotatable bonds is 4. The van der Waals surface area contributed by atoms with Gasteiger partial charge in [-0.15, -0.1) is 0 Å².